The molecule has 0 aliphatic rings. The van der Waals surface area contributed by atoms with E-state index >= 15 is 0 Å². The molecule has 18 heavy (non-hydrogen) atoms. The highest BCUT2D eigenvalue weighted by Crippen LogP contribution is 2.50. The van der Waals surface area contributed by atoms with Crippen molar-refractivity contribution in [1.29, 1.82) is 0 Å². The lowest BCUT2D eigenvalue weighted by Gasteiger charge is -2.47. The van der Waals surface area contributed by atoms with E-state index in [2.05, 4.69) is 0 Å². The maximum Gasteiger partial charge on any atom is 0.303 e. The zero-order valence-corrected chi connectivity index (χ0v) is 12.1. The highest BCUT2D eigenvalue weighted by molar-refractivity contribution is 5.68. The summed E-state index contributed by atoms with van der Waals surface area (Å²) in [6, 6.07) is 0. The molecule has 0 aromatic heterocycles. The summed E-state index contributed by atoms with van der Waals surface area (Å²) in [6.07, 6.45) is 1.57. The molecule has 1 unspecified atom stereocenters. The van der Waals surface area contributed by atoms with Crippen molar-refractivity contribution < 1.29 is 19.8 Å². The quantitative estimate of drug-likeness (QED) is 0.699. The van der Waals surface area contributed by atoms with Gasteiger partial charge in [-0.15, -0.1) is 0 Å². The molecule has 0 aromatic carbocycles. The lowest BCUT2D eigenvalue weighted by atomic mass is 9.57. The monoisotopic (exact) mass is 258 g/mol. The van der Waals surface area contributed by atoms with Gasteiger partial charge in [-0.05, 0) is 29.6 Å². The Hall–Kier alpha value is -1.06. The lowest BCUT2D eigenvalue weighted by Crippen LogP contribution is -2.41. The third-order valence-electron chi connectivity index (χ3n) is 4.53. The first kappa shape index (κ1) is 16.9. The van der Waals surface area contributed by atoms with E-state index in [4.69, 9.17) is 10.2 Å². The van der Waals surface area contributed by atoms with Crippen LogP contribution in [0, 0.1) is 16.7 Å². The molecule has 0 amide bonds. The molecule has 0 bridgehead atoms. The van der Waals surface area contributed by atoms with E-state index in [-0.39, 0.29) is 29.6 Å². The SMILES string of the molecule is CC(C)C(C)(CC(=O)O)C(C)(C)CCCC(=O)O. The molecular weight excluding hydrogens is 232 g/mol. The van der Waals surface area contributed by atoms with Gasteiger partial charge in [0.25, 0.3) is 0 Å². The summed E-state index contributed by atoms with van der Waals surface area (Å²) in [5, 5.41) is 17.8. The molecule has 0 aliphatic heterocycles. The molecule has 0 rings (SSSR count). The van der Waals surface area contributed by atoms with Gasteiger partial charge in [-0.1, -0.05) is 34.6 Å². The van der Waals surface area contributed by atoms with Gasteiger partial charge in [0, 0.05) is 6.42 Å². The molecule has 0 saturated carbocycles. The molecule has 0 aromatic rings. The molecule has 0 radical (unpaired) electrons. The van der Waals surface area contributed by atoms with E-state index < -0.39 is 11.9 Å². The van der Waals surface area contributed by atoms with E-state index in [1.54, 1.807) is 0 Å². The summed E-state index contributed by atoms with van der Waals surface area (Å²) >= 11 is 0. The third-order valence-corrected chi connectivity index (χ3v) is 4.53. The summed E-state index contributed by atoms with van der Waals surface area (Å²) in [5.41, 5.74) is -0.535. The highest BCUT2D eigenvalue weighted by atomic mass is 16.4. The molecule has 4 heteroatoms. The average Bonchev–Trinajstić information content (AvgIpc) is 2.14. The van der Waals surface area contributed by atoms with Gasteiger partial charge in [0.2, 0.25) is 0 Å². The number of hydrogen-bond donors (Lipinski definition) is 2. The number of carboxylic acids is 2. The van der Waals surface area contributed by atoms with Crippen LogP contribution >= 0.6 is 0 Å². The molecule has 0 aliphatic carbocycles. The molecule has 0 saturated heterocycles. The van der Waals surface area contributed by atoms with Crippen LogP contribution in [-0.4, -0.2) is 22.2 Å². The fourth-order valence-corrected chi connectivity index (χ4v) is 2.51. The number of hydrogen-bond acceptors (Lipinski definition) is 2. The van der Waals surface area contributed by atoms with Crippen LogP contribution in [0.2, 0.25) is 0 Å². The topological polar surface area (TPSA) is 74.6 Å². The summed E-state index contributed by atoms with van der Waals surface area (Å²) in [5.74, 6) is -1.36. The van der Waals surface area contributed by atoms with Gasteiger partial charge < -0.3 is 10.2 Å². The molecule has 4 nitrogen and oxygen atoms in total. The Labute approximate surface area is 109 Å². The highest BCUT2D eigenvalue weighted by Gasteiger charge is 2.44. The van der Waals surface area contributed by atoms with Gasteiger partial charge in [0.05, 0.1) is 6.42 Å². The van der Waals surface area contributed by atoms with Gasteiger partial charge >= 0.3 is 11.9 Å². The smallest absolute Gasteiger partial charge is 0.303 e. The van der Waals surface area contributed by atoms with Crippen molar-refractivity contribution >= 4 is 11.9 Å². The van der Waals surface area contributed by atoms with Crippen LogP contribution in [0.1, 0.15) is 60.3 Å². The Morgan fingerprint density at radius 3 is 1.89 bits per heavy atom. The van der Waals surface area contributed by atoms with Gasteiger partial charge in [0.1, 0.15) is 0 Å². The number of carbonyl (C=O) groups is 2. The second kappa shape index (κ2) is 6.21. The van der Waals surface area contributed by atoms with Crippen LogP contribution in [-0.2, 0) is 9.59 Å². The molecule has 1 atom stereocenters. The van der Waals surface area contributed by atoms with Crippen molar-refractivity contribution in [3.05, 3.63) is 0 Å². The Morgan fingerprint density at radius 2 is 1.56 bits per heavy atom. The third kappa shape index (κ3) is 4.31. The number of carboxylic acid groups (broad SMARTS) is 2. The molecule has 0 fully saturated rings. The van der Waals surface area contributed by atoms with E-state index in [0.29, 0.717) is 6.42 Å². The first-order chi connectivity index (χ1) is 8.03. The summed E-state index contributed by atoms with van der Waals surface area (Å²) in [4.78, 5) is 21.6. The van der Waals surface area contributed by atoms with Crippen molar-refractivity contribution in [2.45, 2.75) is 60.3 Å². The molecule has 0 spiro atoms. The number of rotatable bonds is 8. The van der Waals surface area contributed by atoms with Gasteiger partial charge in [0.15, 0.2) is 0 Å². The zero-order valence-electron chi connectivity index (χ0n) is 12.1. The Bertz CT molecular complexity index is 307. The van der Waals surface area contributed by atoms with Crippen molar-refractivity contribution in [1.82, 2.24) is 0 Å². The van der Waals surface area contributed by atoms with Crippen molar-refractivity contribution in [2.75, 3.05) is 0 Å². The largest absolute Gasteiger partial charge is 0.481 e. The minimum atomic E-state index is -0.796. The molecule has 106 valence electrons. The van der Waals surface area contributed by atoms with Crippen LogP contribution in [0.15, 0.2) is 0 Å². The molecular formula is C14H26O4. The second-order valence-electron chi connectivity index (χ2n) is 6.27. The predicted molar refractivity (Wildman–Crippen MR) is 70.5 cm³/mol. The summed E-state index contributed by atoms with van der Waals surface area (Å²) < 4.78 is 0. The Kier molecular flexibility index (Phi) is 5.84. The van der Waals surface area contributed by atoms with E-state index in [0.717, 1.165) is 6.42 Å². The fourth-order valence-electron chi connectivity index (χ4n) is 2.51. The normalized spacial score (nSPS) is 15.4. The van der Waals surface area contributed by atoms with Crippen LogP contribution < -0.4 is 0 Å². The number of aliphatic carboxylic acids is 2. The maximum absolute atomic E-state index is 11.1. The van der Waals surface area contributed by atoms with Crippen molar-refractivity contribution in [2.24, 2.45) is 16.7 Å². The minimum absolute atomic E-state index is 0.116. The van der Waals surface area contributed by atoms with Crippen LogP contribution in [0.25, 0.3) is 0 Å². The first-order valence-corrected chi connectivity index (χ1v) is 6.46. The standard InChI is InChI=1S/C14H26O4/c1-10(2)14(5,9-12(17)18)13(3,4)8-6-7-11(15)16/h10H,6-9H2,1-5H3,(H,15,16)(H,17,18). The summed E-state index contributed by atoms with van der Waals surface area (Å²) in [7, 11) is 0. The fraction of sp³-hybridized carbons (Fsp3) is 0.857. The summed E-state index contributed by atoms with van der Waals surface area (Å²) in [6.45, 7) is 10.1. The lowest BCUT2D eigenvalue weighted by molar-refractivity contribution is -0.144. The van der Waals surface area contributed by atoms with Gasteiger partial charge in [-0.25, -0.2) is 0 Å². The Balaban J connectivity index is 4.85. The van der Waals surface area contributed by atoms with Crippen LogP contribution in [0.5, 0.6) is 0 Å². The van der Waals surface area contributed by atoms with Crippen LogP contribution in [0.3, 0.4) is 0 Å². The van der Waals surface area contributed by atoms with Crippen molar-refractivity contribution in [3.8, 4) is 0 Å². The molecule has 2 N–H and O–H groups in total. The van der Waals surface area contributed by atoms with Gasteiger partial charge in [-0.2, -0.15) is 0 Å². The zero-order chi connectivity index (χ0) is 14.6. The van der Waals surface area contributed by atoms with E-state index in [1.807, 2.05) is 34.6 Å². The average molecular weight is 258 g/mol. The van der Waals surface area contributed by atoms with Gasteiger partial charge in [-0.3, -0.25) is 9.59 Å². The Morgan fingerprint density at radius 1 is 1.06 bits per heavy atom. The van der Waals surface area contributed by atoms with Crippen molar-refractivity contribution in [3.63, 3.8) is 0 Å². The van der Waals surface area contributed by atoms with E-state index in [9.17, 15) is 9.59 Å². The van der Waals surface area contributed by atoms with E-state index in [1.165, 1.54) is 0 Å². The predicted octanol–water partition coefficient (Wildman–Crippen LogP) is 3.40. The molecule has 0 heterocycles. The maximum atomic E-state index is 11.1. The first-order valence-electron chi connectivity index (χ1n) is 6.46. The second-order valence-corrected chi connectivity index (χ2v) is 6.27. The van der Waals surface area contributed by atoms with Crippen LogP contribution in [0.4, 0.5) is 0 Å². The minimum Gasteiger partial charge on any atom is -0.481 e.